The van der Waals surface area contributed by atoms with Gasteiger partial charge in [0.1, 0.15) is 5.82 Å². The van der Waals surface area contributed by atoms with Crippen LogP contribution in [0.25, 0.3) is 0 Å². The van der Waals surface area contributed by atoms with Crippen molar-refractivity contribution in [3.8, 4) is 0 Å². The fraction of sp³-hybridized carbons (Fsp3) is 0.571. The molecule has 0 spiro atoms. The van der Waals surface area contributed by atoms with E-state index in [1.54, 1.807) is 13.2 Å². The molecule has 2 rings (SSSR count). The molecule has 3 nitrogen and oxygen atoms in total. The summed E-state index contributed by atoms with van der Waals surface area (Å²) in [5, 5.41) is 0. The minimum absolute atomic E-state index is 0.140. The van der Waals surface area contributed by atoms with E-state index in [1.165, 1.54) is 6.07 Å². The fourth-order valence-electron chi connectivity index (χ4n) is 2.68. The highest BCUT2D eigenvalue weighted by molar-refractivity contribution is 5.55. The maximum atomic E-state index is 14.0. The number of nitrogens with zero attached hydrogens (tertiary/aromatic N) is 1. The Kier molecular flexibility index (Phi) is 4.55. The van der Waals surface area contributed by atoms with Crippen LogP contribution < -0.4 is 10.6 Å². The molecule has 2 N–H and O–H groups in total. The van der Waals surface area contributed by atoms with Gasteiger partial charge in [0.05, 0.1) is 12.3 Å². The van der Waals surface area contributed by atoms with Crippen LogP contribution >= 0.6 is 0 Å². The van der Waals surface area contributed by atoms with Gasteiger partial charge in [-0.15, -0.1) is 0 Å². The average Bonchev–Trinajstić information content (AvgIpc) is 2.78. The molecule has 100 valence electrons. The molecule has 1 fully saturated rings. The monoisotopic (exact) mass is 252 g/mol. The van der Waals surface area contributed by atoms with E-state index >= 15 is 0 Å². The summed E-state index contributed by atoms with van der Waals surface area (Å²) in [4.78, 5) is 2.13. The summed E-state index contributed by atoms with van der Waals surface area (Å²) in [5.74, 6) is 0.361. The predicted molar refractivity (Wildman–Crippen MR) is 71.4 cm³/mol. The number of benzene rings is 1. The predicted octanol–water partition coefficient (Wildman–Crippen LogP) is 1.80. The van der Waals surface area contributed by atoms with Crippen LogP contribution in [0.2, 0.25) is 0 Å². The lowest BCUT2D eigenvalue weighted by Gasteiger charge is -2.22. The molecule has 0 bridgehead atoms. The normalized spacial score (nSPS) is 19.5. The molecule has 1 aromatic carbocycles. The highest BCUT2D eigenvalue weighted by atomic mass is 19.1. The standard InChI is InChI=1S/C14H21FN2O/c1-18-10-11-6-8-17(9-11)14-12(5-7-16)3-2-4-13(14)15/h2-4,11H,5-10,16H2,1H3. The maximum absolute atomic E-state index is 14.0. The van der Waals surface area contributed by atoms with Gasteiger partial charge in [-0.2, -0.15) is 0 Å². The SMILES string of the molecule is COCC1CCN(c2c(F)cccc2CCN)C1. The summed E-state index contributed by atoms with van der Waals surface area (Å²) in [6.07, 6.45) is 1.78. The molecule has 1 aliphatic heterocycles. The minimum atomic E-state index is -0.140. The topological polar surface area (TPSA) is 38.5 Å². The zero-order valence-electron chi connectivity index (χ0n) is 10.9. The van der Waals surface area contributed by atoms with Gasteiger partial charge >= 0.3 is 0 Å². The molecule has 0 saturated carbocycles. The van der Waals surface area contributed by atoms with E-state index in [1.807, 2.05) is 6.07 Å². The van der Waals surface area contributed by atoms with Crippen molar-refractivity contribution >= 4 is 5.69 Å². The second kappa shape index (κ2) is 6.16. The number of hydrogen-bond acceptors (Lipinski definition) is 3. The molecule has 1 heterocycles. The number of para-hydroxylation sites is 1. The number of hydrogen-bond donors (Lipinski definition) is 1. The fourth-order valence-corrected chi connectivity index (χ4v) is 2.68. The summed E-state index contributed by atoms with van der Waals surface area (Å²) in [7, 11) is 1.71. The summed E-state index contributed by atoms with van der Waals surface area (Å²) in [6, 6.07) is 5.25. The van der Waals surface area contributed by atoms with Crippen LogP contribution in [0.15, 0.2) is 18.2 Å². The molecule has 1 unspecified atom stereocenters. The van der Waals surface area contributed by atoms with Crippen molar-refractivity contribution in [2.24, 2.45) is 11.7 Å². The Labute approximate surface area is 108 Å². The number of halogens is 1. The van der Waals surface area contributed by atoms with Gasteiger partial charge < -0.3 is 15.4 Å². The van der Waals surface area contributed by atoms with Crippen molar-refractivity contribution < 1.29 is 9.13 Å². The van der Waals surface area contributed by atoms with E-state index < -0.39 is 0 Å². The Morgan fingerprint density at radius 3 is 3.06 bits per heavy atom. The highest BCUT2D eigenvalue weighted by Crippen LogP contribution is 2.30. The third-order valence-corrected chi connectivity index (χ3v) is 3.49. The Balaban J connectivity index is 2.17. The first-order valence-electron chi connectivity index (χ1n) is 6.47. The van der Waals surface area contributed by atoms with Crippen LogP contribution in [0.4, 0.5) is 10.1 Å². The molecule has 1 atom stereocenters. The zero-order valence-corrected chi connectivity index (χ0v) is 10.9. The second-order valence-corrected chi connectivity index (χ2v) is 4.84. The lowest BCUT2D eigenvalue weighted by molar-refractivity contribution is 0.161. The van der Waals surface area contributed by atoms with E-state index in [9.17, 15) is 4.39 Å². The lowest BCUT2D eigenvalue weighted by Crippen LogP contribution is -2.24. The Morgan fingerprint density at radius 2 is 2.33 bits per heavy atom. The molecule has 0 radical (unpaired) electrons. The molecule has 0 aromatic heterocycles. The Bertz CT molecular complexity index is 397. The first-order chi connectivity index (χ1) is 8.76. The first-order valence-corrected chi connectivity index (χ1v) is 6.47. The van der Waals surface area contributed by atoms with Crippen molar-refractivity contribution in [2.75, 3.05) is 38.3 Å². The van der Waals surface area contributed by atoms with Gasteiger partial charge in [-0.3, -0.25) is 0 Å². The van der Waals surface area contributed by atoms with Gasteiger partial charge in [-0.25, -0.2) is 4.39 Å². The van der Waals surface area contributed by atoms with Crippen LogP contribution in [-0.4, -0.2) is 33.4 Å². The third-order valence-electron chi connectivity index (χ3n) is 3.49. The van der Waals surface area contributed by atoms with E-state index in [2.05, 4.69) is 4.90 Å². The average molecular weight is 252 g/mol. The third kappa shape index (κ3) is 2.82. The van der Waals surface area contributed by atoms with Crippen molar-refractivity contribution in [1.29, 1.82) is 0 Å². The molecule has 4 heteroatoms. The largest absolute Gasteiger partial charge is 0.384 e. The van der Waals surface area contributed by atoms with Gasteiger partial charge in [-0.05, 0) is 31.0 Å². The van der Waals surface area contributed by atoms with E-state index in [4.69, 9.17) is 10.5 Å². The van der Waals surface area contributed by atoms with Gasteiger partial charge in [0.15, 0.2) is 0 Å². The van der Waals surface area contributed by atoms with Crippen LogP contribution in [0.5, 0.6) is 0 Å². The van der Waals surface area contributed by atoms with Gasteiger partial charge in [0.2, 0.25) is 0 Å². The van der Waals surface area contributed by atoms with Crippen molar-refractivity contribution in [3.63, 3.8) is 0 Å². The van der Waals surface area contributed by atoms with Gasteiger partial charge in [0, 0.05) is 26.1 Å². The lowest BCUT2D eigenvalue weighted by atomic mass is 10.1. The summed E-state index contributed by atoms with van der Waals surface area (Å²) >= 11 is 0. The smallest absolute Gasteiger partial charge is 0.146 e. The summed E-state index contributed by atoms with van der Waals surface area (Å²) in [6.45, 7) is 3.06. The number of anilines is 1. The molecule has 1 aliphatic rings. The van der Waals surface area contributed by atoms with Crippen molar-refractivity contribution in [1.82, 2.24) is 0 Å². The quantitative estimate of drug-likeness (QED) is 0.868. The van der Waals surface area contributed by atoms with Crippen molar-refractivity contribution in [3.05, 3.63) is 29.6 Å². The molecular weight excluding hydrogens is 231 g/mol. The molecule has 1 aromatic rings. The minimum Gasteiger partial charge on any atom is -0.384 e. The highest BCUT2D eigenvalue weighted by Gasteiger charge is 2.25. The Hall–Kier alpha value is -1.13. The summed E-state index contributed by atoms with van der Waals surface area (Å²) in [5.41, 5.74) is 7.34. The van der Waals surface area contributed by atoms with Crippen molar-refractivity contribution in [2.45, 2.75) is 12.8 Å². The molecular formula is C14H21FN2O. The van der Waals surface area contributed by atoms with Crippen LogP contribution in [0, 0.1) is 11.7 Å². The molecule has 0 amide bonds. The van der Waals surface area contributed by atoms with Gasteiger partial charge in [-0.1, -0.05) is 12.1 Å². The van der Waals surface area contributed by atoms with E-state index in [0.717, 1.165) is 43.8 Å². The second-order valence-electron chi connectivity index (χ2n) is 4.84. The Morgan fingerprint density at radius 1 is 1.50 bits per heavy atom. The maximum Gasteiger partial charge on any atom is 0.146 e. The molecule has 1 saturated heterocycles. The van der Waals surface area contributed by atoms with E-state index in [0.29, 0.717) is 12.5 Å². The van der Waals surface area contributed by atoms with E-state index in [-0.39, 0.29) is 5.82 Å². The molecule has 18 heavy (non-hydrogen) atoms. The number of nitrogens with two attached hydrogens (primary N) is 1. The summed E-state index contributed by atoms with van der Waals surface area (Å²) < 4.78 is 19.2. The van der Waals surface area contributed by atoms with Crippen LogP contribution in [0.3, 0.4) is 0 Å². The van der Waals surface area contributed by atoms with Crippen LogP contribution in [-0.2, 0) is 11.2 Å². The van der Waals surface area contributed by atoms with Crippen LogP contribution in [0.1, 0.15) is 12.0 Å². The zero-order chi connectivity index (χ0) is 13.0. The number of methoxy groups -OCH3 is 1. The van der Waals surface area contributed by atoms with Gasteiger partial charge in [0.25, 0.3) is 0 Å². The first kappa shape index (κ1) is 13.3. The molecule has 0 aliphatic carbocycles. The number of ether oxygens (including phenoxy) is 1. The number of rotatable bonds is 5.